The number of nitrogens with one attached hydrogen (secondary N) is 3. The third kappa shape index (κ3) is 7.70. The highest BCUT2D eigenvalue weighted by molar-refractivity contribution is 7.92. The normalized spacial score (nSPS) is 11.1. The predicted molar refractivity (Wildman–Crippen MR) is 111 cm³/mol. The van der Waals surface area contributed by atoms with Crippen LogP contribution in [0.3, 0.4) is 0 Å². The van der Waals surface area contributed by atoms with Gasteiger partial charge in [-0.2, -0.15) is 0 Å². The minimum atomic E-state index is -3.27. The van der Waals surface area contributed by atoms with Crippen molar-refractivity contribution in [3.63, 3.8) is 0 Å². The fourth-order valence-corrected chi connectivity index (χ4v) is 3.12. The second-order valence-electron chi connectivity index (χ2n) is 6.65. The second kappa shape index (κ2) is 9.41. The van der Waals surface area contributed by atoms with Gasteiger partial charge in [-0.15, -0.1) is 0 Å². The van der Waals surface area contributed by atoms with Crippen LogP contribution in [-0.2, 0) is 21.2 Å². The molecular formula is C20H27N3O3S. The van der Waals surface area contributed by atoms with Crippen molar-refractivity contribution in [3.8, 4) is 0 Å². The molecule has 7 heteroatoms. The number of hydrogen-bond acceptors (Lipinski definition) is 4. The van der Waals surface area contributed by atoms with Gasteiger partial charge in [0, 0.05) is 30.9 Å². The van der Waals surface area contributed by atoms with Crippen molar-refractivity contribution in [2.24, 2.45) is 0 Å². The van der Waals surface area contributed by atoms with E-state index in [1.807, 2.05) is 18.2 Å². The van der Waals surface area contributed by atoms with E-state index in [1.54, 1.807) is 12.1 Å². The molecule has 0 saturated carbocycles. The van der Waals surface area contributed by atoms with Crippen LogP contribution >= 0.6 is 0 Å². The molecule has 2 aromatic carbocycles. The van der Waals surface area contributed by atoms with Crippen molar-refractivity contribution < 1.29 is 13.2 Å². The van der Waals surface area contributed by atoms with Crippen molar-refractivity contribution in [3.05, 3.63) is 59.2 Å². The van der Waals surface area contributed by atoms with Gasteiger partial charge in [0.25, 0.3) is 0 Å². The Morgan fingerprint density at radius 1 is 0.926 bits per heavy atom. The van der Waals surface area contributed by atoms with Crippen molar-refractivity contribution in [2.45, 2.75) is 26.7 Å². The Morgan fingerprint density at radius 2 is 1.59 bits per heavy atom. The van der Waals surface area contributed by atoms with E-state index < -0.39 is 10.0 Å². The van der Waals surface area contributed by atoms with E-state index in [1.165, 1.54) is 11.1 Å². The van der Waals surface area contributed by atoms with Crippen LogP contribution in [0.4, 0.5) is 11.4 Å². The van der Waals surface area contributed by atoms with Crippen molar-refractivity contribution in [1.29, 1.82) is 0 Å². The number of anilines is 2. The Balaban J connectivity index is 1.67. The van der Waals surface area contributed by atoms with E-state index in [9.17, 15) is 13.2 Å². The zero-order chi connectivity index (χ0) is 19.9. The Bertz CT molecular complexity index is 878. The summed E-state index contributed by atoms with van der Waals surface area (Å²) in [5.41, 5.74) is 5.05. The van der Waals surface area contributed by atoms with Crippen molar-refractivity contribution >= 4 is 27.3 Å². The third-order valence-electron chi connectivity index (χ3n) is 4.18. The van der Waals surface area contributed by atoms with Crippen LogP contribution in [-0.4, -0.2) is 33.7 Å². The zero-order valence-electron chi connectivity index (χ0n) is 16.0. The van der Waals surface area contributed by atoms with Crippen LogP contribution in [0.15, 0.2) is 42.5 Å². The van der Waals surface area contributed by atoms with Gasteiger partial charge < -0.3 is 10.6 Å². The quantitative estimate of drug-likeness (QED) is 0.576. The first kappa shape index (κ1) is 20.8. The molecule has 0 aliphatic carbocycles. The lowest BCUT2D eigenvalue weighted by Crippen LogP contribution is -2.28. The summed E-state index contributed by atoms with van der Waals surface area (Å²) in [4.78, 5) is 12.0. The van der Waals surface area contributed by atoms with Gasteiger partial charge in [-0.25, -0.2) is 8.42 Å². The molecule has 6 nitrogen and oxygen atoms in total. The summed E-state index contributed by atoms with van der Waals surface area (Å²) in [5, 5.41) is 6.19. The fraction of sp³-hybridized carbons (Fsp3) is 0.350. The summed E-state index contributed by atoms with van der Waals surface area (Å²) in [6.45, 7) is 5.38. The third-order valence-corrected chi connectivity index (χ3v) is 4.79. The SMILES string of the molecule is Cc1ccc(NCCNC(=O)CCc2ccc(NS(C)(=O)=O)cc2)cc1C. The predicted octanol–water partition coefficient (Wildman–Crippen LogP) is 2.84. The molecule has 0 aliphatic heterocycles. The summed E-state index contributed by atoms with van der Waals surface area (Å²) in [6, 6.07) is 13.2. The molecule has 0 unspecified atom stereocenters. The van der Waals surface area contributed by atoms with Gasteiger partial charge in [0.2, 0.25) is 15.9 Å². The molecule has 3 N–H and O–H groups in total. The first-order valence-corrected chi connectivity index (χ1v) is 10.8. The first-order valence-electron chi connectivity index (χ1n) is 8.87. The highest BCUT2D eigenvalue weighted by Gasteiger charge is 2.04. The van der Waals surface area contributed by atoms with Gasteiger partial charge in [0.1, 0.15) is 0 Å². The van der Waals surface area contributed by atoms with E-state index in [4.69, 9.17) is 0 Å². The van der Waals surface area contributed by atoms with Crippen LogP contribution in [0.25, 0.3) is 0 Å². The number of carbonyl (C=O) groups excluding carboxylic acids is 1. The molecular weight excluding hydrogens is 362 g/mol. The molecule has 0 atom stereocenters. The van der Waals surface area contributed by atoms with Gasteiger partial charge >= 0.3 is 0 Å². The van der Waals surface area contributed by atoms with Gasteiger partial charge in [0.15, 0.2) is 0 Å². The summed E-state index contributed by atoms with van der Waals surface area (Å²) >= 11 is 0. The summed E-state index contributed by atoms with van der Waals surface area (Å²) in [6.07, 6.45) is 2.11. The highest BCUT2D eigenvalue weighted by Crippen LogP contribution is 2.14. The maximum absolute atomic E-state index is 12.0. The molecule has 2 rings (SSSR count). The van der Waals surface area contributed by atoms with E-state index in [2.05, 4.69) is 41.3 Å². The lowest BCUT2D eigenvalue weighted by Gasteiger charge is -2.10. The average molecular weight is 390 g/mol. The monoisotopic (exact) mass is 389 g/mol. The number of rotatable bonds is 9. The Labute approximate surface area is 161 Å². The number of hydrogen-bond donors (Lipinski definition) is 3. The Kier molecular flexibility index (Phi) is 7.24. The molecule has 0 bridgehead atoms. The van der Waals surface area contributed by atoms with Crippen LogP contribution in [0.2, 0.25) is 0 Å². The standard InChI is InChI=1S/C20H27N3O3S/c1-15-4-8-19(14-16(15)2)21-12-13-22-20(24)11-7-17-5-9-18(10-6-17)23-27(3,25)26/h4-6,8-10,14,21,23H,7,11-13H2,1-3H3,(H,22,24). The molecule has 1 amide bonds. The molecule has 2 aromatic rings. The number of benzene rings is 2. The molecule has 146 valence electrons. The van der Waals surface area contributed by atoms with Crippen LogP contribution < -0.4 is 15.4 Å². The molecule has 0 spiro atoms. The minimum Gasteiger partial charge on any atom is -0.383 e. The molecule has 0 aliphatic rings. The zero-order valence-corrected chi connectivity index (χ0v) is 16.8. The number of carbonyl (C=O) groups is 1. The fourth-order valence-electron chi connectivity index (χ4n) is 2.56. The minimum absolute atomic E-state index is 0.00442. The van der Waals surface area contributed by atoms with Gasteiger partial charge in [-0.1, -0.05) is 18.2 Å². The number of sulfonamides is 1. The Hall–Kier alpha value is -2.54. The smallest absolute Gasteiger partial charge is 0.229 e. The maximum atomic E-state index is 12.0. The van der Waals surface area contributed by atoms with Crippen molar-refractivity contribution in [1.82, 2.24) is 5.32 Å². The lowest BCUT2D eigenvalue weighted by atomic mass is 10.1. The second-order valence-corrected chi connectivity index (χ2v) is 8.40. The van der Waals surface area contributed by atoms with Gasteiger partial charge in [-0.3, -0.25) is 9.52 Å². The van der Waals surface area contributed by atoms with Crippen LogP contribution in [0, 0.1) is 13.8 Å². The van der Waals surface area contributed by atoms with Crippen LogP contribution in [0.1, 0.15) is 23.1 Å². The summed E-state index contributed by atoms with van der Waals surface area (Å²) in [5.74, 6) is -0.00442. The van der Waals surface area contributed by atoms with Crippen LogP contribution in [0.5, 0.6) is 0 Å². The summed E-state index contributed by atoms with van der Waals surface area (Å²) < 4.78 is 24.8. The average Bonchev–Trinajstić information content (AvgIpc) is 2.60. The van der Waals surface area contributed by atoms with Gasteiger partial charge in [-0.05, 0) is 61.2 Å². The van der Waals surface area contributed by atoms with E-state index in [0.717, 1.165) is 17.5 Å². The number of amides is 1. The summed E-state index contributed by atoms with van der Waals surface area (Å²) in [7, 11) is -3.27. The van der Waals surface area contributed by atoms with E-state index >= 15 is 0 Å². The van der Waals surface area contributed by atoms with Crippen molar-refractivity contribution in [2.75, 3.05) is 29.4 Å². The molecule has 0 saturated heterocycles. The molecule has 27 heavy (non-hydrogen) atoms. The van der Waals surface area contributed by atoms with Gasteiger partial charge in [0.05, 0.1) is 6.26 Å². The highest BCUT2D eigenvalue weighted by atomic mass is 32.2. The van der Waals surface area contributed by atoms with E-state index in [-0.39, 0.29) is 5.91 Å². The molecule has 0 radical (unpaired) electrons. The molecule has 0 heterocycles. The molecule has 0 aromatic heterocycles. The molecule has 0 fully saturated rings. The maximum Gasteiger partial charge on any atom is 0.229 e. The number of aryl methyl sites for hydroxylation is 3. The Morgan fingerprint density at radius 3 is 2.22 bits per heavy atom. The topological polar surface area (TPSA) is 87.3 Å². The van der Waals surface area contributed by atoms with E-state index in [0.29, 0.717) is 31.6 Å². The largest absolute Gasteiger partial charge is 0.383 e. The first-order chi connectivity index (χ1) is 12.7. The lowest BCUT2D eigenvalue weighted by molar-refractivity contribution is -0.120.